The van der Waals surface area contributed by atoms with E-state index >= 15 is 0 Å². The van der Waals surface area contributed by atoms with Crippen LogP contribution in [0.1, 0.15) is 36.0 Å². The lowest BCUT2D eigenvalue weighted by Crippen LogP contribution is -2.57. The third-order valence-electron chi connectivity index (χ3n) is 8.91. The van der Waals surface area contributed by atoms with Crippen molar-refractivity contribution in [1.82, 2.24) is 15.5 Å². The third-order valence-corrected chi connectivity index (χ3v) is 8.91. The highest BCUT2D eigenvalue weighted by Crippen LogP contribution is 2.20. The minimum Gasteiger partial charge on any atom is -0.370 e. The molecule has 2 amide bonds. The fraction of sp³-hybridized carbons (Fsp3) is 0.342. The van der Waals surface area contributed by atoms with Crippen molar-refractivity contribution >= 4 is 28.5 Å². The largest absolute Gasteiger partial charge is 0.370 e. The zero-order chi connectivity index (χ0) is 33.0. The SMILES string of the molecule is NC(N)=NCCC[C@@H]1N[C@@H]([C@@H](Cc2ccccc2)NC(=O)[C@@H](N)Cc2ccccc2)CCN(CCc2ccc3ccccc3c2)C1=O. The van der Waals surface area contributed by atoms with E-state index in [1.807, 2.05) is 65.6 Å². The maximum Gasteiger partial charge on any atom is 0.239 e. The fourth-order valence-electron chi connectivity index (χ4n) is 6.36. The molecule has 1 heterocycles. The first-order valence-corrected chi connectivity index (χ1v) is 16.6. The Morgan fingerprint density at radius 1 is 0.872 bits per heavy atom. The summed E-state index contributed by atoms with van der Waals surface area (Å²) < 4.78 is 0. The van der Waals surface area contributed by atoms with E-state index in [9.17, 15) is 9.59 Å². The summed E-state index contributed by atoms with van der Waals surface area (Å²) in [7, 11) is 0. The van der Waals surface area contributed by atoms with E-state index in [4.69, 9.17) is 17.2 Å². The highest BCUT2D eigenvalue weighted by atomic mass is 16.2. The molecule has 1 saturated heterocycles. The van der Waals surface area contributed by atoms with Crippen LogP contribution in [-0.4, -0.2) is 66.5 Å². The van der Waals surface area contributed by atoms with Gasteiger partial charge in [0.05, 0.1) is 12.1 Å². The lowest BCUT2D eigenvalue weighted by Gasteiger charge is -2.31. The maximum atomic E-state index is 14.0. The second-order valence-corrected chi connectivity index (χ2v) is 12.4. The summed E-state index contributed by atoms with van der Waals surface area (Å²) in [5, 5.41) is 9.33. The van der Waals surface area contributed by atoms with Crippen LogP contribution in [0.15, 0.2) is 108 Å². The Hall–Kier alpha value is -4.73. The van der Waals surface area contributed by atoms with Crippen LogP contribution in [0.25, 0.3) is 10.8 Å². The van der Waals surface area contributed by atoms with Crippen LogP contribution in [0.2, 0.25) is 0 Å². The van der Waals surface area contributed by atoms with Gasteiger partial charge in [-0.3, -0.25) is 14.6 Å². The Bertz CT molecular complexity index is 1630. The number of carbonyl (C=O) groups is 2. The lowest BCUT2D eigenvalue weighted by atomic mass is 9.95. The van der Waals surface area contributed by atoms with Crippen LogP contribution >= 0.6 is 0 Å². The van der Waals surface area contributed by atoms with Gasteiger partial charge in [-0.25, -0.2) is 0 Å². The van der Waals surface area contributed by atoms with Crippen molar-refractivity contribution in [2.24, 2.45) is 22.2 Å². The molecule has 4 aromatic rings. The Kier molecular flexibility index (Phi) is 12.0. The van der Waals surface area contributed by atoms with Crippen LogP contribution in [0, 0.1) is 0 Å². The number of carbonyl (C=O) groups excluding carboxylic acids is 2. The predicted molar refractivity (Wildman–Crippen MR) is 190 cm³/mol. The average molecular weight is 634 g/mol. The first-order chi connectivity index (χ1) is 22.9. The molecule has 4 aromatic carbocycles. The number of hydrogen-bond donors (Lipinski definition) is 5. The first kappa shape index (κ1) is 33.6. The Morgan fingerprint density at radius 2 is 1.53 bits per heavy atom. The highest BCUT2D eigenvalue weighted by molar-refractivity contribution is 5.84. The molecule has 1 aliphatic rings. The molecule has 47 heavy (non-hydrogen) atoms. The van der Waals surface area contributed by atoms with E-state index < -0.39 is 12.1 Å². The summed E-state index contributed by atoms with van der Waals surface area (Å²) in [6.07, 6.45) is 3.69. The topological polar surface area (TPSA) is 152 Å². The van der Waals surface area contributed by atoms with Gasteiger partial charge in [0.15, 0.2) is 5.96 Å². The van der Waals surface area contributed by atoms with E-state index in [0.29, 0.717) is 51.7 Å². The minimum absolute atomic E-state index is 0.0394. The van der Waals surface area contributed by atoms with E-state index in [1.54, 1.807) is 0 Å². The fourth-order valence-corrected chi connectivity index (χ4v) is 6.36. The van der Waals surface area contributed by atoms with E-state index in [-0.39, 0.29) is 29.9 Å². The molecule has 9 heteroatoms. The van der Waals surface area contributed by atoms with Gasteiger partial charge in [-0.05, 0) is 66.0 Å². The Balaban J connectivity index is 1.34. The second kappa shape index (κ2) is 16.7. The molecule has 0 spiro atoms. The van der Waals surface area contributed by atoms with Gasteiger partial charge in [0.25, 0.3) is 0 Å². The van der Waals surface area contributed by atoms with Gasteiger partial charge >= 0.3 is 0 Å². The zero-order valence-corrected chi connectivity index (χ0v) is 26.9. The summed E-state index contributed by atoms with van der Waals surface area (Å²) in [5.74, 6) is -0.106. The summed E-state index contributed by atoms with van der Waals surface area (Å²) >= 11 is 0. The molecular formula is C38H47N7O2. The van der Waals surface area contributed by atoms with Gasteiger partial charge in [0.1, 0.15) is 0 Å². The van der Waals surface area contributed by atoms with E-state index in [1.165, 1.54) is 16.3 Å². The number of nitrogens with zero attached hydrogens (tertiary/aromatic N) is 2. The van der Waals surface area contributed by atoms with Gasteiger partial charge in [0, 0.05) is 31.7 Å². The van der Waals surface area contributed by atoms with Crippen LogP contribution in [0.3, 0.4) is 0 Å². The monoisotopic (exact) mass is 633 g/mol. The standard InChI is InChI=1S/C38H47N7O2/c39-32(25-27-10-3-1-4-11-27)36(46)44-35(26-28-12-5-2-6-13-28)33-20-23-45(37(47)34(43-33)16-9-21-42-38(40)41)22-19-29-17-18-30-14-7-8-15-31(30)24-29/h1-8,10-15,17-18,24,32-35,43H,9,16,19-23,25-26,39H2,(H,44,46)(H4,40,41,42)/t32-,33+,34-,35+/m0/s1. The molecule has 0 aromatic heterocycles. The quantitative estimate of drug-likeness (QED) is 0.0817. The average Bonchev–Trinajstić information content (AvgIpc) is 3.24. The van der Waals surface area contributed by atoms with Crippen molar-refractivity contribution < 1.29 is 9.59 Å². The summed E-state index contributed by atoms with van der Waals surface area (Å²) in [6.45, 7) is 1.62. The Labute approximate surface area is 277 Å². The molecule has 4 atom stereocenters. The number of amides is 2. The van der Waals surface area contributed by atoms with Gasteiger partial charge in [-0.1, -0.05) is 103 Å². The maximum absolute atomic E-state index is 14.0. The van der Waals surface area contributed by atoms with Gasteiger partial charge in [0.2, 0.25) is 11.8 Å². The summed E-state index contributed by atoms with van der Waals surface area (Å²) in [5.41, 5.74) is 20.8. The smallest absolute Gasteiger partial charge is 0.239 e. The normalized spacial score (nSPS) is 17.9. The van der Waals surface area contributed by atoms with Gasteiger partial charge in [-0.2, -0.15) is 0 Å². The van der Waals surface area contributed by atoms with Gasteiger partial charge < -0.3 is 32.7 Å². The number of nitrogens with two attached hydrogens (primary N) is 3. The van der Waals surface area contributed by atoms with Crippen LogP contribution in [-0.2, 0) is 28.9 Å². The van der Waals surface area contributed by atoms with Crippen molar-refractivity contribution in [2.75, 3.05) is 19.6 Å². The molecule has 0 bridgehead atoms. The number of fused-ring (bicyclic) bond motifs is 1. The molecular weight excluding hydrogens is 586 g/mol. The molecule has 0 radical (unpaired) electrons. The number of rotatable bonds is 14. The molecule has 8 N–H and O–H groups in total. The molecule has 0 aliphatic carbocycles. The van der Waals surface area contributed by atoms with Crippen molar-refractivity contribution in [1.29, 1.82) is 0 Å². The van der Waals surface area contributed by atoms with Crippen molar-refractivity contribution in [2.45, 2.75) is 62.7 Å². The summed E-state index contributed by atoms with van der Waals surface area (Å²) in [4.78, 5) is 33.7. The van der Waals surface area contributed by atoms with E-state index in [0.717, 1.165) is 17.5 Å². The number of guanidine groups is 1. The first-order valence-electron chi connectivity index (χ1n) is 16.6. The zero-order valence-electron chi connectivity index (χ0n) is 26.9. The van der Waals surface area contributed by atoms with Gasteiger partial charge in [-0.15, -0.1) is 0 Å². The lowest BCUT2D eigenvalue weighted by molar-refractivity contribution is -0.132. The number of hydrogen-bond acceptors (Lipinski definition) is 5. The van der Waals surface area contributed by atoms with Crippen LogP contribution in [0.5, 0.6) is 0 Å². The molecule has 0 saturated carbocycles. The Morgan fingerprint density at radius 3 is 2.23 bits per heavy atom. The molecule has 1 aliphatic heterocycles. The molecule has 1 fully saturated rings. The van der Waals surface area contributed by atoms with E-state index in [2.05, 4.69) is 58.1 Å². The van der Waals surface area contributed by atoms with Crippen LogP contribution < -0.4 is 27.8 Å². The summed E-state index contributed by atoms with van der Waals surface area (Å²) in [6, 6.07) is 33.1. The molecule has 5 rings (SSSR count). The molecule has 0 unspecified atom stereocenters. The van der Waals surface area contributed by atoms with Crippen molar-refractivity contribution in [3.05, 3.63) is 120 Å². The number of aliphatic imine (C=N–C) groups is 1. The number of benzene rings is 4. The van der Waals surface area contributed by atoms with Crippen molar-refractivity contribution in [3.8, 4) is 0 Å². The minimum atomic E-state index is -0.697. The van der Waals surface area contributed by atoms with Crippen LogP contribution in [0.4, 0.5) is 0 Å². The van der Waals surface area contributed by atoms with Crippen molar-refractivity contribution in [3.63, 3.8) is 0 Å². The predicted octanol–water partition coefficient (Wildman–Crippen LogP) is 3.29. The second-order valence-electron chi connectivity index (χ2n) is 12.4. The number of nitrogens with one attached hydrogen (secondary N) is 2. The highest BCUT2D eigenvalue weighted by Gasteiger charge is 2.35. The molecule has 246 valence electrons. The third kappa shape index (κ3) is 9.88. The molecule has 9 nitrogen and oxygen atoms in total.